The zero-order valence-corrected chi connectivity index (χ0v) is 17.4. The minimum Gasteiger partial charge on any atom is -0.496 e. The molecule has 2 aromatic carbocycles. The second-order valence-corrected chi connectivity index (χ2v) is 7.22. The molecule has 3 rings (SSSR count). The Kier molecular flexibility index (Phi) is 5.51. The highest BCUT2D eigenvalue weighted by atomic mass is 79.9. The first-order chi connectivity index (χ1) is 13.3. The van der Waals surface area contributed by atoms with Gasteiger partial charge in [0.05, 0.1) is 31.8 Å². The minimum atomic E-state index is -1.04. The van der Waals surface area contributed by atoms with E-state index in [0.29, 0.717) is 32.8 Å². The van der Waals surface area contributed by atoms with E-state index in [9.17, 15) is 14.7 Å². The van der Waals surface area contributed by atoms with Gasteiger partial charge in [-0.05, 0) is 51.3 Å². The molecule has 1 N–H and O–H groups in total. The van der Waals surface area contributed by atoms with Crippen LogP contribution in [0.25, 0.3) is 0 Å². The van der Waals surface area contributed by atoms with Gasteiger partial charge in [0.25, 0.3) is 5.91 Å². The third-order valence-electron chi connectivity index (χ3n) is 4.96. The summed E-state index contributed by atoms with van der Waals surface area (Å²) in [6.45, 7) is 0. The number of fused-ring (bicyclic) bond motifs is 1. The summed E-state index contributed by atoms with van der Waals surface area (Å²) < 4.78 is 16.5. The predicted octanol–water partition coefficient (Wildman–Crippen LogP) is 3.47. The third-order valence-corrected chi connectivity index (χ3v) is 5.58. The van der Waals surface area contributed by atoms with Crippen molar-refractivity contribution in [2.75, 3.05) is 28.4 Å². The van der Waals surface area contributed by atoms with Crippen LogP contribution in [0, 0.1) is 0 Å². The van der Waals surface area contributed by atoms with E-state index in [2.05, 4.69) is 15.9 Å². The summed E-state index contributed by atoms with van der Waals surface area (Å²) in [6, 6.07) is 7.68. The molecule has 1 aliphatic rings. The lowest BCUT2D eigenvalue weighted by Crippen LogP contribution is -2.42. The number of benzene rings is 2. The van der Waals surface area contributed by atoms with Crippen LogP contribution in [0.15, 0.2) is 34.8 Å². The first kappa shape index (κ1) is 20.0. The van der Waals surface area contributed by atoms with Crippen LogP contribution in [0.5, 0.6) is 17.2 Å². The monoisotopic (exact) mass is 449 g/mol. The van der Waals surface area contributed by atoms with Crippen molar-refractivity contribution < 1.29 is 28.9 Å². The summed E-state index contributed by atoms with van der Waals surface area (Å²) in [5, 5.41) is 10.0. The largest absolute Gasteiger partial charge is 0.496 e. The van der Waals surface area contributed by atoms with Crippen LogP contribution in [0.2, 0.25) is 0 Å². The molecular weight excluding hydrogens is 430 g/mol. The van der Waals surface area contributed by atoms with Crippen LogP contribution in [-0.2, 0) is 4.79 Å². The van der Waals surface area contributed by atoms with Gasteiger partial charge in [-0.1, -0.05) is 6.07 Å². The molecule has 0 saturated carbocycles. The summed E-state index contributed by atoms with van der Waals surface area (Å²) in [5.74, 6) is -0.933. The normalized spacial score (nSPS) is 18.5. The fraction of sp³-hybridized carbons (Fsp3) is 0.300. The van der Waals surface area contributed by atoms with E-state index >= 15 is 0 Å². The Hall–Kier alpha value is -2.74. The number of aliphatic carboxylic acids is 1. The molecule has 7 nitrogen and oxygen atoms in total. The van der Waals surface area contributed by atoms with Gasteiger partial charge in [-0.2, -0.15) is 0 Å². The molecule has 1 amide bonds. The first-order valence-electron chi connectivity index (χ1n) is 8.43. The van der Waals surface area contributed by atoms with E-state index in [-0.39, 0.29) is 11.5 Å². The van der Waals surface area contributed by atoms with Gasteiger partial charge >= 0.3 is 5.97 Å². The highest BCUT2D eigenvalue weighted by molar-refractivity contribution is 9.10. The first-order valence-corrected chi connectivity index (χ1v) is 9.22. The van der Waals surface area contributed by atoms with Crippen LogP contribution in [0.3, 0.4) is 0 Å². The number of carbonyl (C=O) groups is 2. The molecule has 2 aromatic rings. The van der Waals surface area contributed by atoms with Crippen molar-refractivity contribution in [3.8, 4) is 17.2 Å². The van der Waals surface area contributed by atoms with Crippen LogP contribution in [0.1, 0.15) is 33.4 Å². The Balaban J connectivity index is 2.22. The maximum Gasteiger partial charge on any atom is 0.313 e. The van der Waals surface area contributed by atoms with E-state index in [0.717, 1.165) is 0 Å². The number of likely N-dealkylation sites (N-methyl/N-ethyl adjacent to an activating group) is 1. The molecule has 0 saturated heterocycles. The number of carboxylic acid groups (broad SMARTS) is 1. The lowest BCUT2D eigenvalue weighted by atomic mass is 9.80. The van der Waals surface area contributed by atoms with Gasteiger partial charge in [-0.3, -0.25) is 9.59 Å². The van der Waals surface area contributed by atoms with Gasteiger partial charge in [0.1, 0.15) is 11.7 Å². The smallest absolute Gasteiger partial charge is 0.313 e. The number of hydrogen-bond acceptors (Lipinski definition) is 5. The molecule has 2 atom stereocenters. The number of carbonyl (C=O) groups excluding carboxylic acids is 1. The Labute approximate surface area is 170 Å². The van der Waals surface area contributed by atoms with Crippen molar-refractivity contribution in [3.63, 3.8) is 0 Å². The third kappa shape index (κ3) is 3.17. The zero-order valence-electron chi connectivity index (χ0n) is 15.9. The summed E-state index contributed by atoms with van der Waals surface area (Å²) in [7, 11) is 6.08. The highest BCUT2D eigenvalue weighted by Gasteiger charge is 2.43. The Morgan fingerprint density at radius 1 is 1.04 bits per heavy atom. The van der Waals surface area contributed by atoms with Crippen molar-refractivity contribution >= 4 is 27.8 Å². The molecule has 28 heavy (non-hydrogen) atoms. The molecule has 148 valence electrons. The fourth-order valence-electron chi connectivity index (χ4n) is 3.60. The van der Waals surface area contributed by atoms with Crippen LogP contribution in [-0.4, -0.2) is 50.3 Å². The number of halogens is 1. The predicted molar refractivity (Wildman–Crippen MR) is 105 cm³/mol. The van der Waals surface area contributed by atoms with Gasteiger partial charge in [0.2, 0.25) is 0 Å². The second-order valence-electron chi connectivity index (χ2n) is 6.37. The van der Waals surface area contributed by atoms with Crippen molar-refractivity contribution in [2.45, 2.75) is 12.0 Å². The molecule has 0 radical (unpaired) electrons. The summed E-state index contributed by atoms with van der Waals surface area (Å²) in [6.07, 6.45) is 0. The molecule has 0 bridgehead atoms. The van der Waals surface area contributed by atoms with Crippen molar-refractivity contribution in [1.29, 1.82) is 0 Å². The van der Waals surface area contributed by atoms with E-state index in [1.165, 1.54) is 25.2 Å². The van der Waals surface area contributed by atoms with Crippen molar-refractivity contribution in [3.05, 3.63) is 51.5 Å². The van der Waals surface area contributed by atoms with Gasteiger partial charge in [0, 0.05) is 12.6 Å². The molecule has 2 unspecified atom stereocenters. The highest BCUT2D eigenvalue weighted by Crippen LogP contribution is 2.46. The lowest BCUT2D eigenvalue weighted by Gasteiger charge is -2.39. The number of amides is 1. The standard InChI is InChI=1S/C20H20BrNO6/c1-22-18(10-5-6-14(26-2)13(21)7-10)17(20(24)25)11-8-15(27-3)16(28-4)9-12(11)19(22)23/h5-9,17-18H,1-4H3,(H,24,25). The van der Waals surface area contributed by atoms with E-state index in [1.807, 2.05) is 0 Å². The average Bonchev–Trinajstić information content (AvgIpc) is 2.69. The summed E-state index contributed by atoms with van der Waals surface area (Å²) in [5.41, 5.74) is 1.36. The summed E-state index contributed by atoms with van der Waals surface area (Å²) in [4.78, 5) is 26.8. The van der Waals surface area contributed by atoms with Gasteiger partial charge < -0.3 is 24.2 Å². The molecule has 0 aromatic heterocycles. The van der Waals surface area contributed by atoms with Crippen molar-refractivity contribution in [1.82, 2.24) is 4.90 Å². The number of hydrogen-bond donors (Lipinski definition) is 1. The molecule has 1 aliphatic heterocycles. The Morgan fingerprint density at radius 2 is 1.64 bits per heavy atom. The van der Waals surface area contributed by atoms with E-state index in [4.69, 9.17) is 14.2 Å². The lowest BCUT2D eigenvalue weighted by molar-refractivity contribution is -0.140. The Bertz CT molecular complexity index is 945. The van der Waals surface area contributed by atoms with Gasteiger partial charge in [-0.15, -0.1) is 0 Å². The maximum atomic E-state index is 13.0. The fourth-order valence-corrected chi connectivity index (χ4v) is 4.16. The number of nitrogens with zero attached hydrogens (tertiary/aromatic N) is 1. The topological polar surface area (TPSA) is 85.3 Å². The SMILES string of the molecule is COc1ccc(C2C(C(=O)O)c3cc(OC)c(OC)cc3C(=O)N2C)cc1Br. The quantitative estimate of drug-likeness (QED) is 0.751. The summed E-state index contributed by atoms with van der Waals surface area (Å²) >= 11 is 3.43. The Morgan fingerprint density at radius 3 is 2.18 bits per heavy atom. The minimum absolute atomic E-state index is 0.287. The molecule has 8 heteroatoms. The molecular formula is C20H20BrNO6. The molecule has 0 spiro atoms. The molecule has 0 fully saturated rings. The molecule has 0 aliphatic carbocycles. The average molecular weight is 450 g/mol. The molecule has 1 heterocycles. The van der Waals surface area contributed by atoms with Gasteiger partial charge in [-0.25, -0.2) is 0 Å². The van der Waals surface area contributed by atoms with E-state index < -0.39 is 17.9 Å². The number of methoxy groups -OCH3 is 3. The number of carboxylic acids is 1. The van der Waals surface area contributed by atoms with E-state index in [1.54, 1.807) is 38.4 Å². The zero-order chi connectivity index (χ0) is 20.6. The van der Waals surface area contributed by atoms with Gasteiger partial charge in [0.15, 0.2) is 11.5 Å². The number of ether oxygens (including phenoxy) is 3. The van der Waals surface area contributed by atoms with Crippen LogP contribution in [0.4, 0.5) is 0 Å². The second kappa shape index (κ2) is 7.71. The van der Waals surface area contributed by atoms with Crippen molar-refractivity contribution in [2.24, 2.45) is 0 Å². The van der Waals surface area contributed by atoms with Crippen LogP contribution >= 0.6 is 15.9 Å². The van der Waals surface area contributed by atoms with Crippen LogP contribution < -0.4 is 14.2 Å². The maximum absolute atomic E-state index is 13.0. The number of rotatable bonds is 5.